The molecule has 10 atom stereocenters. The third-order valence-electron chi connectivity index (χ3n) is 6.59. The van der Waals surface area contributed by atoms with Crippen molar-refractivity contribution in [2.75, 3.05) is 6.54 Å². The predicted octanol–water partition coefficient (Wildman–Crippen LogP) is -6.92. The first kappa shape index (κ1) is 43.4. The molecule has 0 aromatic carbocycles. The summed E-state index contributed by atoms with van der Waals surface area (Å²) >= 11 is 0. The molecule has 22 nitrogen and oxygen atoms in total. The highest BCUT2D eigenvalue weighted by atomic mass is 16.4. The summed E-state index contributed by atoms with van der Waals surface area (Å²) in [7, 11) is 0. The zero-order valence-electron chi connectivity index (χ0n) is 26.8. The average molecular weight is 694 g/mol. The number of guanidine groups is 1. The third kappa shape index (κ3) is 15.3. The predicted molar refractivity (Wildman–Crippen MR) is 163 cm³/mol. The topological polar surface area (TPSA) is 389 Å². The molecule has 22 heteroatoms. The number of aliphatic carboxylic acids is 2. The molecule has 0 aromatic rings. The average Bonchev–Trinajstić information content (AvgIpc) is 2.95. The van der Waals surface area contributed by atoms with E-state index in [1.807, 2.05) is 16.0 Å². The normalized spacial score (nSPS) is 17.3. The van der Waals surface area contributed by atoms with Crippen LogP contribution in [0.1, 0.15) is 47.0 Å². The van der Waals surface area contributed by atoms with Crippen LogP contribution in [0.3, 0.4) is 0 Å². The van der Waals surface area contributed by atoms with Gasteiger partial charge in [-0.15, -0.1) is 0 Å². The molecule has 5 amide bonds. The molecule has 0 spiro atoms. The van der Waals surface area contributed by atoms with Gasteiger partial charge >= 0.3 is 11.9 Å². The molecule has 0 aliphatic carbocycles. The standard InChI is InChI=1S/C26H47N9O13/c1-9(36)16(32-20(42)13(27)6-5-7-30-26(28)29)22(44)31-14(8-15(40)41)21(43)33-17(10(2)37)23(45)34-18(11(3)38)24(46)35-19(12(4)39)25(47)48/h9-14,16-19,36-39H,5-8,27H2,1-4H3,(H,31,44)(H,32,42)(H,33,43)(H,34,45)(H,35,46)(H,40,41)(H,47,48)(H4,28,29,30)/t9-,10-,11-,12-,13+,14+,16+,17+,18+,19+/m1/s1. The zero-order chi connectivity index (χ0) is 37.5. The minimum absolute atomic E-state index is 0.0748. The zero-order valence-corrected chi connectivity index (χ0v) is 26.8. The fourth-order valence-electron chi connectivity index (χ4n) is 3.93. The van der Waals surface area contributed by atoms with E-state index in [4.69, 9.17) is 16.9 Å². The summed E-state index contributed by atoms with van der Waals surface area (Å²) in [5.41, 5.74) is 11.0. The Morgan fingerprint density at radius 2 is 1.00 bits per heavy atom. The largest absolute Gasteiger partial charge is 0.481 e. The molecule has 0 unspecified atom stereocenters. The van der Waals surface area contributed by atoms with Gasteiger partial charge in [0, 0.05) is 6.54 Å². The number of hydrogen-bond donors (Lipinski definition) is 15. The van der Waals surface area contributed by atoms with Crippen molar-refractivity contribution in [3.63, 3.8) is 0 Å². The summed E-state index contributed by atoms with van der Waals surface area (Å²) in [6.07, 6.45) is -7.26. The van der Waals surface area contributed by atoms with E-state index >= 15 is 0 Å². The molecule has 0 rings (SSSR count). The Labute approximate surface area is 274 Å². The first-order chi connectivity index (χ1) is 22.1. The Kier molecular flexibility index (Phi) is 18.6. The molecular weight excluding hydrogens is 646 g/mol. The summed E-state index contributed by atoms with van der Waals surface area (Å²) in [6, 6.07) is -10.5. The van der Waals surface area contributed by atoms with E-state index in [-0.39, 0.29) is 18.9 Å². The second-order valence-electron chi connectivity index (χ2n) is 11.0. The highest BCUT2D eigenvalue weighted by Gasteiger charge is 2.37. The van der Waals surface area contributed by atoms with Gasteiger partial charge in [0.25, 0.3) is 0 Å². The maximum atomic E-state index is 13.1. The Morgan fingerprint density at radius 3 is 1.38 bits per heavy atom. The van der Waals surface area contributed by atoms with E-state index in [1.165, 1.54) is 0 Å². The molecule has 0 bridgehead atoms. The van der Waals surface area contributed by atoms with Crippen molar-refractivity contribution in [2.24, 2.45) is 11.5 Å². The minimum atomic E-state index is -1.95. The van der Waals surface area contributed by atoms with Gasteiger partial charge in [0.15, 0.2) is 12.0 Å². The fraction of sp³-hybridized carbons (Fsp3) is 0.692. The highest BCUT2D eigenvalue weighted by molar-refractivity contribution is 5.97. The number of aliphatic hydroxyl groups excluding tert-OH is 4. The molecule has 0 aromatic heterocycles. The lowest BCUT2D eigenvalue weighted by atomic mass is 10.1. The minimum Gasteiger partial charge on any atom is -0.481 e. The lowest BCUT2D eigenvalue weighted by Crippen LogP contribution is -2.63. The SMILES string of the molecule is C[C@@H](O)[C@H](NC(=O)[C@@H](NC(=O)[C@@H](NC(=O)[C@H](CC(=O)O)NC(=O)[C@@H](NC(=O)[C@@H](N)CCCNC(=N)N)[C@@H](C)O)[C@@H](C)O)[C@@H](C)O)C(=O)O. The van der Waals surface area contributed by atoms with Crippen LogP contribution in [0.5, 0.6) is 0 Å². The highest BCUT2D eigenvalue weighted by Crippen LogP contribution is 2.05. The first-order valence-corrected chi connectivity index (χ1v) is 14.6. The van der Waals surface area contributed by atoms with E-state index in [1.54, 1.807) is 0 Å². The number of hydrogen-bond acceptors (Lipinski definition) is 13. The van der Waals surface area contributed by atoms with Gasteiger partial charge in [-0.1, -0.05) is 0 Å². The monoisotopic (exact) mass is 693 g/mol. The maximum Gasteiger partial charge on any atom is 0.328 e. The Balaban J connectivity index is 5.84. The van der Waals surface area contributed by atoms with Gasteiger partial charge in [-0.25, -0.2) is 4.79 Å². The smallest absolute Gasteiger partial charge is 0.328 e. The van der Waals surface area contributed by atoms with Gasteiger partial charge in [0.2, 0.25) is 29.5 Å². The van der Waals surface area contributed by atoms with Crippen molar-refractivity contribution in [2.45, 2.75) is 108 Å². The molecule has 0 saturated carbocycles. The molecule has 0 heterocycles. The lowest BCUT2D eigenvalue weighted by Gasteiger charge is -2.29. The quantitative estimate of drug-likeness (QED) is 0.0302. The van der Waals surface area contributed by atoms with Crippen LogP contribution in [0.25, 0.3) is 0 Å². The first-order valence-electron chi connectivity index (χ1n) is 14.6. The molecule has 48 heavy (non-hydrogen) atoms. The summed E-state index contributed by atoms with van der Waals surface area (Å²) < 4.78 is 0. The van der Waals surface area contributed by atoms with Gasteiger partial charge in [-0.3, -0.25) is 34.2 Å². The van der Waals surface area contributed by atoms with E-state index in [0.29, 0.717) is 6.42 Å². The van der Waals surface area contributed by atoms with E-state index in [0.717, 1.165) is 27.7 Å². The Morgan fingerprint density at radius 1 is 0.625 bits per heavy atom. The fourth-order valence-corrected chi connectivity index (χ4v) is 3.93. The van der Waals surface area contributed by atoms with Crippen molar-refractivity contribution in [3.05, 3.63) is 0 Å². The number of carboxylic acid groups (broad SMARTS) is 2. The van der Waals surface area contributed by atoms with Crippen LogP contribution in [-0.2, 0) is 33.6 Å². The van der Waals surface area contributed by atoms with Crippen LogP contribution in [-0.4, -0.2) is 145 Å². The summed E-state index contributed by atoms with van der Waals surface area (Å²) in [6.45, 7) is 4.47. The van der Waals surface area contributed by atoms with Gasteiger partial charge in [-0.05, 0) is 40.5 Å². The second kappa shape index (κ2) is 20.6. The Bertz CT molecular complexity index is 1170. The van der Waals surface area contributed by atoms with Crippen LogP contribution in [0, 0.1) is 5.41 Å². The van der Waals surface area contributed by atoms with Crippen molar-refractivity contribution in [3.8, 4) is 0 Å². The number of carbonyl (C=O) groups excluding carboxylic acids is 5. The lowest BCUT2D eigenvalue weighted by molar-refractivity contribution is -0.146. The van der Waals surface area contributed by atoms with Crippen LogP contribution < -0.4 is 43.4 Å². The van der Waals surface area contributed by atoms with Crippen molar-refractivity contribution >= 4 is 47.4 Å². The molecule has 0 saturated heterocycles. The summed E-state index contributed by atoms with van der Waals surface area (Å²) in [5, 5.41) is 78.4. The number of carboxylic acids is 2. The molecule has 0 aliphatic heterocycles. The molecule has 0 radical (unpaired) electrons. The number of nitrogens with two attached hydrogens (primary N) is 2. The Hall–Kier alpha value is -4.64. The second-order valence-corrected chi connectivity index (χ2v) is 11.0. The molecule has 0 aliphatic rings. The number of carbonyl (C=O) groups is 7. The van der Waals surface area contributed by atoms with Crippen LogP contribution in [0.15, 0.2) is 0 Å². The molecular formula is C26H47N9O13. The van der Waals surface area contributed by atoms with E-state index in [2.05, 4.69) is 16.0 Å². The summed E-state index contributed by atoms with van der Waals surface area (Å²) in [5.74, 6) is -9.53. The van der Waals surface area contributed by atoms with E-state index < -0.39 is 109 Å². The van der Waals surface area contributed by atoms with Crippen molar-refractivity contribution in [1.29, 1.82) is 5.41 Å². The molecule has 17 N–H and O–H groups in total. The number of aliphatic hydroxyl groups is 4. The van der Waals surface area contributed by atoms with E-state index in [9.17, 15) is 64.2 Å². The van der Waals surface area contributed by atoms with Crippen molar-refractivity contribution < 1.29 is 64.2 Å². The van der Waals surface area contributed by atoms with Crippen LogP contribution >= 0.6 is 0 Å². The molecule has 274 valence electrons. The van der Waals surface area contributed by atoms with Crippen LogP contribution in [0.2, 0.25) is 0 Å². The molecule has 0 fully saturated rings. The van der Waals surface area contributed by atoms with Gasteiger partial charge in [-0.2, -0.15) is 0 Å². The van der Waals surface area contributed by atoms with Gasteiger partial charge in [0.05, 0.1) is 36.9 Å². The number of rotatable bonds is 21. The third-order valence-corrected chi connectivity index (χ3v) is 6.59. The van der Waals surface area contributed by atoms with Gasteiger partial charge in [0.1, 0.15) is 24.2 Å². The van der Waals surface area contributed by atoms with Gasteiger partial charge < -0.3 is 74.0 Å². The summed E-state index contributed by atoms with van der Waals surface area (Å²) in [4.78, 5) is 87.1. The van der Waals surface area contributed by atoms with Crippen molar-refractivity contribution in [1.82, 2.24) is 31.9 Å². The van der Waals surface area contributed by atoms with Crippen LogP contribution in [0.4, 0.5) is 0 Å². The number of amides is 5. The maximum absolute atomic E-state index is 13.1. The number of nitrogens with one attached hydrogen (secondary N) is 7.